The number of piperidine rings is 1. The summed E-state index contributed by atoms with van der Waals surface area (Å²) >= 11 is 0. The van der Waals surface area contributed by atoms with Crippen LogP contribution in [-0.2, 0) is 9.53 Å². The molecule has 0 unspecified atom stereocenters. The Morgan fingerprint density at radius 2 is 1.88 bits per heavy atom. The number of nitrogens with zero attached hydrogens (tertiary/aromatic N) is 1. The van der Waals surface area contributed by atoms with Crippen LogP contribution in [-0.4, -0.2) is 35.0 Å². The van der Waals surface area contributed by atoms with Crippen LogP contribution in [0, 0.1) is 0 Å². The molecule has 1 heterocycles. The number of ether oxygens (including phenoxy) is 1. The summed E-state index contributed by atoms with van der Waals surface area (Å²) in [7, 11) is 0. The lowest BCUT2D eigenvalue weighted by atomic mass is 10.00. The number of carbonyl (C=O) groups is 2. The first kappa shape index (κ1) is 13.0. The molecule has 0 aliphatic carbocycles. The van der Waals surface area contributed by atoms with Crippen molar-refractivity contribution in [1.29, 1.82) is 0 Å². The Kier molecular flexibility index (Phi) is 3.94. The summed E-state index contributed by atoms with van der Waals surface area (Å²) in [6.45, 7) is 7.65. The number of hydrogen-bond acceptors (Lipinski definition) is 3. The Labute approximate surface area is 96.9 Å². The van der Waals surface area contributed by atoms with Gasteiger partial charge >= 0.3 is 6.09 Å². The summed E-state index contributed by atoms with van der Waals surface area (Å²) in [5, 5.41) is 0. The minimum Gasteiger partial charge on any atom is -0.444 e. The zero-order chi connectivity index (χ0) is 12.3. The van der Waals surface area contributed by atoms with Gasteiger partial charge in [-0.15, -0.1) is 0 Å². The number of rotatable bonds is 1. The summed E-state index contributed by atoms with van der Waals surface area (Å²) in [5.74, 6) is 0.0468. The maximum atomic E-state index is 11.9. The Morgan fingerprint density at radius 3 is 2.38 bits per heavy atom. The van der Waals surface area contributed by atoms with Crippen molar-refractivity contribution in [2.75, 3.05) is 6.54 Å². The summed E-state index contributed by atoms with van der Waals surface area (Å²) in [6, 6.07) is -0.288. The van der Waals surface area contributed by atoms with Gasteiger partial charge in [-0.2, -0.15) is 0 Å². The fourth-order valence-corrected chi connectivity index (χ4v) is 1.89. The average Bonchev–Trinajstić information content (AvgIpc) is 2.15. The minimum absolute atomic E-state index is 0.0468. The molecule has 1 rings (SSSR count). The van der Waals surface area contributed by atoms with Crippen molar-refractivity contribution in [2.45, 2.75) is 58.6 Å². The zero-order valence-electron chi connectivity index (χ0n) is 10.6. The van der Waals surface area contributed by atoms with Gasteiger partial charge in [0.2, 0.25) is 0 Å². The standard InChI is InChI=1S/C12H21NO3/c1-9(14)10-7-5-6-8-13(10)11(15)16-12(2,3)4/h10H,5-8H2,1-4H3/t10-/m1/s1. The summed E-state index contributed by atoms with van der Waals surface area (Å²) in [5.41, 5.74) is -0.504. The molecule has 1 saturated heterocycles. The van der Waals surface area contributed by atoms with Gasteiger partial charge in [0.25, 0.3) is 0 Å². The Bertz CT molecular complexity index is 280. The fourth-order valence-electron chi connectivity index (χ4n) is 1.89. The number of ketones is 1. The van der Waals surface area contributed by atoms with Crippen LogP contribution in [0.3, 0.4) is 0 Å². The number of Topliss-reactive ketones (excluding diaryl/α,β-unsaturated/α-hetero) is 1. The van der Waals surface area contributed by atoms with Gasteiger partial charge in [0.1, 0.15) is 5.60 Å². The highest BCUT2D eigenvalue weighted by Crippen LogP contribution is 2.20. The lowest BCUT2D eigenvalue weighted by Crippen LogP contribution is -2.49. The molecule has 0 N–H and O–H groups in total. The van der Waals surface area contributed by atoms with Gasteiger partial charge < -0.3 is 4.74 Å². The van der Waals surface area contributed by atoms with Crippen LogP contribution in [0.2, 0.25) is 0 Å². The molecule has 0 spiro atoms. The molecule has 0 radical (unpaired) electrons. The summed E-state index contributed by atoms with van der Waals surface area (Å²) in [4.78, 5) is 24.9. The van der Waals surface area contributed by atoms with E-state index in [2.05, 4.69) is 0 Å². The number of hydrogen-bond donors (Lipinski definition) is 0. The van der Waals surface area contributed by atoms with Crippen molar-refractivity contribution in [1.82, 2.24) is 4.90 Å². The molecular formula is C12H21NO3. The summed E-state index contributed by atoms with van der Waals surface area (Å²) in [6.07, 6.45) is 2.34. The monoisotopic (exact) mass is 227 g/mol. The van der Waals surface area contributed by atoms with E-state index in [1.54, 1.807) is 4.90 Å². The van der Waals surface area contributed by atoms with Crippen LogP contribution in [0.5, 0.6) is 0 Å². The van der Waals surface area contributed by atoms with E-state index < -0.39 is 5.60 Å². The maximum absolute atomic E-state index is 11.9. The predicted octanol–water partition coefficient (Wildman–Crippen LogP) is 2.37. The minimum atomic E-state index is -0.504. The lowest BCUT2D eigenvalue weighted by Gasteiger charge is -2.35. The second kappa shape index (κ2) is 4.85. The molecule has 1 atom stereocenters. The fraction of sp³-hybridized carbons (Fsp3) is 0.833. The molecule has 0 aromatic heterocycles. The quantitative estimate of drug-likeness (QED) is 0.691. The third-order valence-corrected chi connectivity index (χ3v) is 2.60. The van der Waals surface area contributed by atoms with Crippen molar-refractivity contribution < 1.29 is 14.3 Å². The first-order chi connectivity index (χ1) is 7.31. The third-order valence-electron chi connectivity index (χ3n) is 2.60. The molecule has 92 valence electrons. The second-order valence-corrected chi connectivity index (χ2v) is 5.30. The van der Waals surface area contributed by atoms with Crippen LogP contribution in [0.4, 0.5) is 4.79 Å². The highest BCUT2D eigenvalue weighted by molar-refractivity contribution is 5.85. The molecule has 4 heteroatoms. The van der Waals surface area contributed by atoms with E-state index in [1.807, 2.05) is 20.8 Å². The SMILES string of the molecule is CC(=O)[C@H]1CCCCN1C(=O)OC(C)(C)C. The zero-order valence-corrected chi connectivity index (χ0v) is 10.6. The Balaban J connectivity index is 2.68. The Hall–Kier alpha value is -1.06. The van der Waals surface area contributed by atoms with Crippen LogP contribution in [0.15, 0.2) is 0 Å². The molecule has 16 heavy (non-hydrogen) atoms. The maximum Gasteiger partial charge on any atom is 0.410 e. The van der Waals surface area contributed by atoms with E-state index in [0.29, 0.717) is 6.54 Å². The van der Waals surface area contributed by atoms with Crippen LogP contribution < -0.4 is 0 Å². The van der Waals surface area contributed by atoms with E-state index in [-0.39, 0.29) is 17.9 Å². The molecular weight excluding hydrogens is 206 g/mol. The second-order valence-electron chi connectivity index (χ2n) is 5.30. The van der Waals surface area contributed by atoms with E-state index >= 15 is 0 Å². The van der Waals surface area contributed by atoms with Crippen molar-refractivity contribution >= 4 is 11.9 Å². The van der Waals surface area contributed by atoms with Gasteiger partial charge in [-0.3, -0.25) is 9.69 Å². The largest absolute Gasteiger partial charge is 0.444 e. The smallest absolute Gasteiger partial charge is 0.410 e. The van der Waals surface area contributed by atoms with E-state index in [1.165, 1.54) is 6.92 Å². The van der Waals surface area contributed by atoms with Gasteiger partial charge in [0.15, 0.2) is 5.78 Å². The topological polar surface area (TPSA) is 46.6 Å². The van der Waals surface area contributed by atoms with Crippen molar-refractivity contribution in [3.05, 3.63) is 0 Å². The highest BCUT2D eigenvalue weighted by Gasteiger charge is 2.32. The number of amides is 1. The number of likely N-dealkylation sites (tertiary alicyclic amines) is 1. The van der Waals surface area contributed by atoms with Crippen LogP contribution >= 0.6 is 0 Å². The van der Waals surface area contributed by atoms with Gasteiger partial charge in [0, 0.05) is 6.54 Å². The third kappa shape index (κ3) is 3.51. The molecule has 1 aliphatic rings. The van der Waals surface area contributed by atoms with Crippen LogP contribution in [0.1, 0.15) is 47.0 Å². The summed E-state index contributed by atoms with van der Waals surface area (Å²) < 4.78 is 5.29. The molecule has 1 aliphatic heterocycles. The predicted molar refractivity (Wildman–Crippen MR) is 61.3 cm³/mol. The first-order valence-corrected chi connectivity index (χ1v) is 5.81. The first-order valence-electron chi connectivity index (χ1n) is 5.81. The van der Waals surface area contributed by atoms with Crippen molar-refractivity contribution in [3.63, 3.8) is 0 Å². The molecule has 0 bridgehead atoms. The molecule has 1 fully saturated rings. The Morgan fingerprint density at radius 1 is 1.25 bits per heavy atom. The van der Waals surface area contributed by atoms with Gasteiger partial charge in [0.05, 0.1) is 6.04 Å². The molecule has 0 aromatic carbocycles. The van der Waals surface area contributed by atoms with Crippen molar-refractivity contribution in [2.24, 2.45) is 0 Å². The molecule has 4 nitrogen and oxygen atoms in total. The van der Waals surface area contributed by atoms with Crippen LogP contribution in [0.25, 0.3) is 0 Å². The van der Waals surface area contributed by atoms with Gasteiger partial charge in [-0.25, -0.2) is 4.79 Å². The number of carbonyl (C=O) groups excluding carboxylic acids is 2. The normalized spacial score (nSPS) is 21.8. The van der Waals surface area contributed by atoms with Gasteiger partial charge in [-0.05, 0) is 47.0 Å². The van der Waals surface area contributed by atoms with E-state index in [9.17, 15) is 9.59 Å². The average molecular weight is 227 g/mol. The van der Waals surface area contributed by atoms with E-state index in [4.69, 9.17) is 4.74 Å². The van der Waals surface area contributed by atoms with Crippen molar-refractivity contribution in [3.8, 4) is 0 Å². The lowest BCUT2D eigenvalue weighted by molar-refractivity contribution is -0.123. The van der Waals surface area contributed by atoms with E-state index in [0.717, 1.165) is 19.3 Å². The molecule has 0 saturated carbocycles. The molecule has 1 amide bonds. The molecule has 0 aromatic rings. The highest BCUT2D eigenvalue weighted by atomic mass is 16.6. The van der Waals surface area contributed by atoms with Gasteiger partial charge in [-0.1, -0.05) is 0 Å².